The lowest BCUT2D eigenvalue weighted by Gasteiger charge is -2.49. The Bertz CT molecular complexity index is 494. The van der Waals surface area contributed by atoms with Crippen LogP contribution in [0.4, 0.5) is 0 Å². The molecule has 0 spiro atoms. The van der Waals surface area contributed by atoms with Crippen molar-refractivity contribution in [2.75, 3.05) is 13.1 Å². The van der Waals surface area contributed by atoms with Gasteiger partial charge in [-0.25, -0.2) is 0 Å². The molecule has 4 heteroatoms. The smallest absolute Gasteiger partial charge is 0.254 e. The van der Waals surface area contributed by atoms with Gasteiger partial charge in [0.15, 0.2) is 0 Å². The highest BCUT2D eigenvalue weighted by atomic mass is 16.3. The lowest BCUT2D eigenvalue weighted by Crippen LogP contribution is -2.65. The Kier molecular flexibility index (Phi) is 3.10. The first-order valence-electron chi connectivity index (χ1n) is 5.98. The summed E-state index contributed by atoms with van der Waals surface area (Å²) in [5.74, 6) is 0.0485. The van der Waals surface area contributed by atoms with Gasteiger partial charge in [0, 0.05) is 5.56 Å². The Morgan fingerprint density at radius 2 is 1.94 bits per heavy atom. The van der Waals surface area contributed by atoms with Crippen molar-refractivity contribution in [3.63, 3.8) is 0 Å². The maximum atomic E-state index is 12.1. The number of hydrogen-bond acceptors (Lipinski definition) is 3. The fourth-order valence-electron chi connectivity index (χ4n) is 1.99. The van der Waals surface area contributed by atoms with E-state index in [9.17, 15) is 9.90 Å². The zero-order chi connectivity index (χ0) is 13.3. The quantitative estimate of drug-likeness (QED) is 0.855. The van der Waals surface area contributed by atoms with E-state index < -0.39 is 5.60 Å². The molecule has 1 aliphatic rings. The molecule has 94 valence electrons. The first-order chi connectivity index (χ1) is 8.46. The Morgan fingerprint density at radius 1 is 1.39 bits per heavy atom. The highest BCUT2D eigenvalue weighted by Gasteiger charge is 2.45. The Balaban J connectivity index is 2.04. The molecule has 1 heterocycles. The molecule has 1 saturated heterocycles. The third kappa shape index (κ3) is 2.09. The van der Waals surface area contributed by atoms with Crippen LogP contribution in [0.2, 0.25) is 0 Å². The van der Waals surface area contributed by atoms with Crippen LogP contribution in [0, 0.1) is 17.2 Å². The molecule has 1 N–H and O–H groups in total. The molecule has 1 amide bonds. The zero-order valence-corrected chi connectivity index (χ0v) is 10.6. The normalized spacial score (nSPS) is 17.2. The van der Waals surface area contributed by atoms with Crippen LogP contribution in [0.1, 0.15) is 29.8 Å². The fourth-order valence-corrected chi connectivity index (χ4v) is 1.99. The van der Waals surface area contributed by atoms with Gasteiger partial charge in [-0.15, -0.1) is 0 Å². The molecule has 0 bridgehead atoms. The van der Waals surface area contributed by atoms with Crippen LogP contribution in [-0.4, -0.2) is 34.6 Å². The first-order valence-corrected chi connectivity index (χ1v) is 5.98. The fraction of sp³-hybridized carbons (Fsp3) is 0.429. The van der Waals surface area contributed by atoms with E-state index in [0.717, 1.165) is 0 Å². The van der Waals surface area contributed by atoms with E-state index >= 15 is 0 Å². The monoisotopic (exact) mass is 244 g/mol. The van der Waals surface area contributed by atoms with Gasteiger partial charge in [-0.1, -0.05) is 13.8 Å². The summed E-state index contributed by atoms with van der Waals surface area (Å²) >= 11 is 0. The van der Waals surface area contributed by atoms with Crippen LogP contribution in [-0.2, 0) is 0 Å². The summed E-state index contributed by atoms with van der Waals surface area (Å²) in [5, 5.41) is 18.8. The van der Waals surface area contributed by atoms with Gasteiger partial charge in [0.1, 0.15) is 5.60 Å². The van der Waals surface area contributed by atoms with E-state index in [-0.39, 0.29) is 11.8 Å². The third-order valence-electron chi connectivity index (χ3n) is 3.55. The molecule has 0 atom stereocenters. The standard InChI is InChI=1S/C14H16N2O2/c1-10(2)14(18)8-16(9-14)13(17)12-5-3-11(7-15)4-6-12/h3-6,10,18H,8-9H2,1-2H3. The molecule has 0 saturated carbocycles. The minimum absolute atomic E-state index is 0.0928. The number of nitriles is 1. The Labute approximate surface area is 106 Å². The van der Waals surface area contributed by atoms with Crippen molar-refractivity contribution < 1.29 is 9.90 Å². The molecule has 4 nitrogen and oxygen atoms in total. The molecular weight excluding hydrogens is 228 g/mol. The van der Waals surface area contributed by atoms with Gasteiger partial charge in [0.25, 0.3) is 5.91 Å². The number of rotatable bonds is 2. The molecule has 18 heavy (non-hydrogen) atoms. The number of amides is 1. The summed E-state index contributed by atoms with van der Waals surface area (Å²) in [5.41, 5.74) is 0.344. The number of carbonyl (C=O) groups is 1. The number of nitrogens with zero attached hydrogens (tertiary/aromatic N) is 2. The highest BCUT2D eigenvalue weighted by Crippen LogP contribution is 2.29. The molecule has 0 aromatic heterocycles. The Hall–Kier alpha value is -1.86. The molecule has 0 aliphatic carbocycles. The van der Waals surface area contributed by atoms with Crippen LogP contribution in [0.3, 0.4) is 0 Å². The summed E-state index contributed by atoms with van der Waals surface area (Å²) in [6.07, 6.45) is 0. The van der Waals surface area contributed by atoms with E-state index in [2.05, 4.69) is 0 Å². The van der Waals surface area contributed by atoms with E-state index in [1.54, 1.807) is 29.2 Å². The molecular formula is C14H16N2O2. The van der Waals surface area contributed by atoms with Crippen LogP contribution in [0.5, 0.6) is 0 Å². The number of likely N-dealkylation sites (tertiary alicyclic amines) is 1. The average molecular weight is 244 g/mol. The number of β-amino-alcohol motifs (C(OH)–C–C–N with tert-alkyl or cyclic N) is 1. The second-order valence-electron chi connectivity index (χ2n) is 5.11. The van der Waals surface area contributed by atoms with Crippen LogP contribution in [0.15, 0.2) is 24.3 Å². The van der Waals surface area contributed by atoms with E-state index in [1.807, 2.05) is 19.9 Å². The van der Waals surface area contributed by atoms with Crippen molar-refractivity contribution in [2.45, 2.75) is 19.4 Å². The van der Waals surface area contributed by atoms with Crippen LogP contribution in [0.25, 0.3) is 0 Å². The van der Waals surface area contributed by atoms with Gasteiger partial charge in [-0.3, -0.25) is 4.79 Å². The topological polar surface area (TPSA) is 64.3 Å². The summed E-state index contributed by atoms with van der Waals surface area (Å²) in [6, 6.07) is 8.56. The molecule has 1 aromatic carbocycles. The predicted molar refractivity (Wildman–Crippen MR) is 66.8 cm³/mol. The van der Waals surface area contributed by atoms with Gasteiger partial charge < -0.3 is 10.0 Å². The largest absolute Gasteiger partial charge is 0.386 e. The second kappa shape index (κ2) is 4.43. The summed E-state index contributed by atoms with van der Waals surface area (Å²) in [4.78, 5) is 13.7. The number of carbonyl (C=O) groups excluding carboxylic acids is 1. The van der Waals surface area contributed by atoms with Gasteiger partial charge in [-0.2, -0.15) is 5.26 Å². The lowest BCUT2D eigenvalue weighted by molar-refractivity contribution is -0.110. The Morgan fingerprint density at radius 3 is 2.39 bits per heavy atom. The predicted octanol–water partition coefficient (Wildman–Crippen LogP) is 1.40. The summed E-state index contributed by atoms with van der Waals surface area (Å²) in [7, 11) is 0. The number of benzene rings is 1. The molecule has 0 unspecified atom stereocenters. The van der Waals surface area contributed by atoms with Crippen LogP contribution < -0.4 is 0 Å². The minimum atomic E-state index is -0.748. The molecule has 2 rings (SSSR count). The van der Waals surface area contributed by atoms with E-state index in [0.29, 0.717) is 24.2 Å². The van der Waals surface area contributed by atoms with Crippen molar-refractivity contribution in [3.8, 4) is 6.07 Å². The van der Waals surface area contributed by atoms with Crippen molar-refractivity contribution in [3.05, 3.63) is 35.4 Å². The maximum absolute atomic E-state index is 12.1. The average Bonchev–Trinajstić information content (AvgIpc) is 2.34. The highest BCUT2D eigenvalue weighted by molar-refractivity contribution is 5.95. The van der Waals surface area contributed by atoms with Crippen molar-refractivity contribution in [1.82, 2.24) is 4.90 Å². The molecule has 0 radical (unpaired) electrons. The van der Waals surface area contributed by atoms with Crippen LogP contribution >= 0.6 is 0 Å². The number of aliphatic hydroxyl groups is 1. The van der Waals surface area contributed by atoms with Gasteiger partial charge >= 0.3 is 0 Å². The zero-order valence-electron chi connectivity index (χ0n) is 10.6. The first kappa shape index (κ1) is 12.6. The summed E-state index contributed by atoms with van der Waals surface area (Å²) in [6.45, 7) is 4.65. The SMILES string of the molecule is CC(C)C1(O)CN(C(=O)c2ccc(C#N)cc2)C1. The van der Waals surface area contributed by atoms with Gasteiger partial charge in [-0.05, 0) is 30.2 Å². The van der Waals surface area contributed by atoms with Crippen molar-refractivity contribution in [1.29, 1.82) is 5.26 Å². The maximum Gasteiger partial charge on any atom is 0.254 e. The van der Waals surface area contributed by atoms with Crippen molar-refractivity contribution in [2.24, 2.45) is 5.92 Å². The number of hydrogen-bond donors (Lipinski definition) is 1. The van der Waals surface area contributed by atoms with E-state index in [1.165, 1.54) is 0 Å². The summed E-state index contributed by atoms with van der Waals surface area (Å²) < 4.78 is 0. The molecule has 1 aromatic rings. The second-order valence-corrected chi connectivity index (χ2v) is 5.11. The van der Waals surface area contributed by atoms with Gasteiger partial charge in [0.05, 0.1) is 24.7 Å². The molecule has 1 fully saturated rings. The molecule has 1 aliphatic heterocycles. The van der Waals surface area contributed by atoms with E-state index in [4.69, 9.17) is 5.26 Å². The third-order valence-corrected chi connectivity index (χ3v) is 3.55. The lowest BCUT2D eigenvalue weighted by atomic mass is 9.82. The minimum Gasteiger partial charge on any atom is -0.386 e. The van der Waals surface area contributed by atoms with Crippen molar-refractivity contribution >= 4 is 5.91 Å². The van der Waals surface area contributed by atoms with Gasteiger partial charge in [0.2, 0.25) is 0 Å².